The van der Waals surface area contributed by atoms with Crippen LogP contribution in [0.3, 0.4) is 0 Å². The fourth-order valence-corrected chi connectivity index (χ4v) is 1.90. The molecule has 0 aromatic carbocycles. The Balaban J connectivity index is 2.88. The molecule has 5 heteroatoms. The highest BCUT2D eigenvalue weighted by molar-refractivity contribution is 5.01. The molecule has 0 aliphatic carbocycles. The quantitative estimate of drug-likeness (QED) is 0.473. The first kappa shape index (κ1) is 12.9. The van der Waals surface area contributed by atoms with Crippen LogP contribution in [0.1, 0.15) is 20.8 Å². The molecule has 1 saturated heterocycles. The van der Waals surface area contributed by atoms with Gasteiger partial charge in [0.2, 0.25) is 0 Å². The third kappa shape index (κ3) is 2.16. The first-order valence-electron chi connectivity index (χ1n) is 5.17. The zero-order valence-corrected chi connectivity index (χ0v) is 9.29. The third-order valence-corrected chi connectivity index (χ3v) is 3.06. The Hall–Kier alpha value is -0.200. The minimum atomic E-state index is -1.63. The molecule has 0 radical (unpaired) electrons. The van der Waals surface area contributed by atoms with E-state index in [1.54, 1.807) is 0 Å². The van der Waals surface area contributed by atoms with Crippen LogP contribution in [-0.2, 0) is 4.74 Å². The van der Waals surface area contributed by atoms with Crippen LogP contribution in [0.5, 0.6) is 0 Å². The smallest absolute Gasteiger partial charge is 0.119 e. The Labute approximate surface area is 89.3 Å². The lowest BCUT2D eigenvalue weighted by atomic mass is 9.81. The molecule has 0 aromatic rings. The second-order valence-corrected chi connectivity index (χ2v) is 4.68. The highest BCUT2D eigenvalue weighted by Gasteiger charge is 2.51. The van der Waals surface area contributed by atoms with Crippen molar-refractivity contribution < 1.29 is 25.2 Å². The number of hydrogen-bond donors (Lipinski definition) is 4. The van der Waals surface area contributed by atoms with Crippen molar-refractivity contribution in [3.05, 3.63) is 0 Å². The van der Waals surface area contributed by atoms with Gasteiger partial charge in [0.15, 0.2) is 0 Å². The van der Waals surface area contributed by atoms with Crippen molar-refractivity contribution in [2.75, 3.05) is 6.61 Å². The minimum Gasteiger partial charge on any atom is -0.394 e. The van der Waals surface area contributed by atoms with Crippen LogP contribution in [0.15, 0.2) is 0 Å². The molecule has 4 N–H and O–H groups in total. The van der Waals surface area contributed by atoms with Crippen molar-refractivity contribution in [2.45, 2.75) is 50.8 Å². The summed E-state index contributed by atoms with van der Waals surface area (Å²) < 4.78 is 5.38. The summed E-state index contributed by atoms with van der Waals surface area (Å²) in [5, 5.41) is 38.4. The lowest BCUT2D eigenvalue weighted by Crippen LogP contribution is -2.66. The lowest BCUT2D eigenvalue weighted by molar-refractivity contribution is -0.276. The topological polar surface area (TPSA) is 90.2 Å². The van der Waals surface area contributed by atoms with Gasteiger partial charge >= 0.3 is 0 Å². The minimum absolute atomic E-state index is 0.000185. The van der Waals surface area contributed by atoms with E-state index in [0.29, 0.717) is 0 Å². The van der Waals surface area contributed by atoms with Gasteiger partial charge in [-0.2, -0.15) is 0 Å². The maximum atomic E-state index is 9.88. The van der Waals surface area contributed by atoms with Crippen LogP contribution in [-0.4, -0.2) is 57.0 Å². The second-order valence-electron chi connectivity index (χ2n) is 4.68. The van der Waals surface area contributed by atoms with Gasteiger partial charge in [0.25, 0.3) is 0 Å². The summed E-state index contributed by atoms with van der Waals surface area (Å²) >= 11 is 0. The zero-order chi connectivity index (χ0) is 11.8. The van der Waals surface area contributed by atoms with Crippen LogP contribution >= 0.6 is 0 Å². The van der Waals surface area contributed by atoms with Crippen molar-refractivity contribution in [3.8, 4) is 0 Å². The summed E-state index contributed by atoms with van der Waals surface area (Å²) in [6.45, 7) is 4.64. The molecule has 0 amide bonds. The second kappa shape index (κ2) is 4.35. The molecule has 15 heavy (non-hydrogen) atoms. The van der Waals surface area contributed by atoms with Gasteiger partial charge in [-0.15, -0.1) is 0 Å². The van der Waals surface area contributed by atoms with Gasteiger partial charge in [0.1, 0.15) is 23.9 Å². The molecule has 0 saturated carbocycles. The molecule has 1 aliphatic rings. The van der Waals surface area contributed by atoms with Crippen molar-refractivity contribution in [2.24, 2.45) is 5.92 Å². The molecule has 0 spiro atoms. The molecule has 5 nitrogen and oxygen atoms in total. The molecule has 1 aliphatic heterocycles. The molecule has 0 bridgehead atoms. The van der Waals surface area contributed by atoms with Crippen LogP contribution in [0.4, 0.5) is 0 Å². The van der Waals surface area contributed by atoms with Crippen LogP contribution in [0.2, 0.25) is 0 Å². The summed E-state index contributed by atoms with van der Waals surface area (Å²) in [6, 6.07) is 0. The van der Waals surface area contributed by atoms with E-state index in [2.05, 4.69) is 0 Å². The van der Waals surface area contributed by atoms with Crippen LogP contribution in [0.25, 0.3) is 0 Å². The van der Waals surface area contributed by atoms with Gasteiger partial charge in [-0.3, -0.25) is 0 Å². The van der Waals surface area contributed by atoms with Crippen molar-refractivity contribution in [1.82, 2.24) is 0 Å². The van der Waals surface area contributed by atoms with Gasteiger partial charge in [0.05, 0.1) is 12.7 Å². The fraction of sp³-hybridized carbons (Fsp3) is 1.00. The van der Waals surface area contributed by atoms with Gasteiger partial charge in [-0.1, -0.05) is 13.8 Å². The number of aliphatic hydroxyl groups excluding tert-OH is 3. The molecule has 0 aromatic heterocycles. The highest BCUT2D eigenvalue weighted by Crippen LogP contribution is 2.32. The average Bonchev–Trinajstić information content (AvgIpc) is 2.14. The SMILES string of the molecule is CC(C)[C@H]1OC(CO)[C@](C)(O)C(O)[C@H]1O. The first-order chi connectivity index (χ1) is 6.82. The summed E-state index contributed by atoms with van der Waals surface area (Å²) in [5.41, 5.74) is -1.63. The Bertz CT molecular complexity index is 210. The number of rotatable bonds is 2. The van der Waals surface area contributed by atoms with E-state index in [1.807, 2.05) is 13.8 Å². The fourth-order valence-electron chi connectivity index (χ4n) is 1.90. The van der Waals surface area contributed by atoms with E-state index in [-0.39, 0.29) is 12.5 Å². The van der Waals surface area contributed by atoms with E-state index in [4.69, 9.17) is 9.84 Å². The van der Waals surface area contributed by atoms with Gasteiger partial charge < -0.3 is 25.2 Å². The number of ether oxygens (including phenoxy) is 1. The van der Waals surface area contributed by atoms with Crippen LogP contribution in [0, 0.1) is 5.92 Å². The molecular weight excluding hydrogens is 200 g/mol. The van der Waals surface area contributed by atoms with Crippen LogP contribution < -0.4 is 0 Å². The Morgan fingerprint density at radius 2 is 1.87 bits per heavy atom. The molecule has 90 valence electrons. The normalized spacial score (nSPS) is 47.2. The number of hydrogen-bond acceptors (Lipinski definition) is 5. The van der Waals surface area contributed by atoms with Crippen molar-refractivity contribution in [1.29, 1.82) is 0 Å². The Morgan fingerprint density at radius 3 is 2.27 bits per heavy atom. The summed E-state index contributed by atoms with van der Waals surface area (Å²) in [5.74, 6) is -0.000185. The average molecular weight is 220 g/mol. The summed E-state index contributed by atoms with van der Waals surface area (Å²) in [6.07, 6.45) is -3.89. The van der Waals surface area contributed by atoms with Gasteiger partial charge in [-0.05, 0) is 12.8 Å². The molecular formula is C10H20O5. The Kier molecular flexibility index (Phi) is 3.73. The van der Waals surface area contributed by atoms with E-state index in [0.717, 1.165) is 0 Å². The van der Waals surface area contributed by atoms with Crippen molar-refractivity contribution >= 4 is 0 Å². The van der Waals surface area contributed by atoms with E-state index >= 15 is 0 Å². The Morgan fingerprint density at radius 1 is 1.33 bits per heavy atom. The van der Waals surface area contributed by atoms with E-state index < -0.39 is 30.0 Å². The van der Waals surface area contributed by atoms with Crippen molar-refractivity contribution in [3.63, 3.8) is 0 Å². The largest absolute Gasteiger partial charge is 0.394 e. The molecule has 1 fully saturated rings. The lowest BCUT2D eigenvalue weighted by Gasteiger charge is -2.47. The van der Waals surface area contributed by atoms with Gasteiger partial charge in [-0.25, -0.2) is 0 Å². The highest BCUT2D eigenvalue weighted by atomic mass is 16.5. The summed E-state index contributed by atoms with van der Waals surface area (Å²) in [4.78, 5) is 0. The molecule has 1 heterocycles. The molecule has 1 rings (SSSR count). The standard InChI is InChI=1S/C10H20O5/c1-5(2)8-7(12)9(13)10(3,14)6(4-11)15-8/h5-9,11-14H,4H2,1-3H3/t6?,7-,8+,9?,10-/m0/s1. The monoisotopic (exact) mass is 220 g/mol. The van der Waals surface area contributed by atoms with E-state index in [9.17, 15) is 15.3 Å². The first-order valence-corrected chi connectivity index (χ1v) is 5.17. The van der Waals surface area contributed by atoms with Gasteiger partial charge in [0, 0.05) is 0 Å². The molecule has 2 unspecified atom stereocenters. The predicted octanol–water partition coefficient (Wildman–Crippen LogP) is -1.13. The summed E-state index contributed by atoms with van der Waals surface area (Å²) in [7, 11) is 0. The maximum Gasteiger partial charge on any atom is 0.119 e. The van der Waals surface area contributed by atoms with E-state index in [1.165, 1.54) is 6.92 Å². The zero-order valence-electron chi connectivity index (χ0n) is 9.29. The number of aliphatic hydroxyl groups is 4. The predicted molar refractivity (Wildman–Crippen MR) is 53.2 cm³/mol. The maximum absolute atomic E-state index is 9.88. The third-order valence-electron chi connectivity index (χ3n) is 3.06. The molecule has 5 atom stereocenters.